The summed E-state index contributed by atoms with van der Waals surface area (Å²) in [5, 5.41) is 3.71. The van der Waals surface area contributed by atoms with Gasteiger partial charge in [-0.3, -0.25) is 4.79 Å². The molecule has 3 heterocycles. The number of urea groups is 1. The largest absolute Gasteiger partial charge is 0.452 e. The summed E-state index contributed by atoms with van der Waals surface area (Å²) in [5.41, 5.74) is 4.71. The molecule has 1 N–H and O–H groups in total. The lowest BCUT2D eigenvalue weighted by Gasteiger charge is -2.12. The predicted octanol–water partition coefficient (Wildman–Crippen LogP) is 4.95. The van der Waals surface area contributed by atoms with Gasteiger partial charge in [0, 0.05) is 50.2 Å². The van der Waals surface area contributed by atoms with Crippen molar-refractivity contribution in [2.24, 2.45) is 7.05 Å². The Morgan fingerprint density at radius 3 is 2.64 bits per heavy atom. The minimum Gasteiger partial charge on any atom is -0.452 e. The average molecular weight is 438 g/mol. The van der Waals surface area contributed by atoms with E-state index in [-0.39, 0.29) is 17.6 Å². The van der Waals surface area contributed by atoms with Gasteiger partial charge in [-0.05, 0) is 41.5 Å². The number of anilines is 1. The molecule has 0 bridgehead atoms. The normalized spacial score (nSPS) is 13.8. The van der Waals surface area contributed by atoms with Gasteiger partial charge >= 0.3 is 6.03 Å². The highest BCUT2D eigenvalue weighted by molar-refractivity contribution is 6.16. The summed E-state index contributed by atoms with van der Waals surface area (Å²) in [7, 11) is 5.24. The van der Waals surface area contributed by atoms with Crippen molar-refractivity contribution in [3.63, 3.8) is 0 Å². The summed E-state index contributed by atoms with van der Waals surface area (Å²) in [6.45, 7) is 0. The van der Waals surface area contributed by atoms with Crippen LogP contribution in [-0.2, 0) is 7.05 Å². The van der Waals surface area contributed by atoms with E-state index in [0.717, 1.165) is 27.7 Å². The number of carbonyl (C=O) groups is 2. The maximum atomic E-state index is 13.1. The number of amides is 2. The van der Waals surface area contributed by atoms with Crippen LogP contribution in [0.3, 0.4) is 0 Å². The summed E-state index contributed by atoms with van der Waals surface area (Å²) in [6.07, 6.45) is 5.49. The number of aryl methyl sites for hydroxylation is 1. The monoisotopic (exact) mass is 438 g/mol. The molecule has 0 saturated heterocycles. The Morgan fingerprint density at radius 1 is 1.09 bits per heavy atom. The second kappa shape index (κ2) is 7.94. The van der Waals surface area contributed by atoms with Gasteiger partial charge in [-0.15, -0.1) is 0 Å². The van der Waals surface area contributed by atoms with Crippen LogP contribution in [0, 0.1) is 0 Å². The van der Waals surface area contributed by atoms with Crippen molar-refractivity contribution in [3.8, 4) is 16.9 Å². The molecular formula is C26H22N4O3. The Morgan fingerprint density at radius 2 is 1.88 bits per heavy atom. The summed E-state index contributed by atoms with van der Waals surface area (Å²) >= 11 is 0. The van der Waals surface area contributed by atoms with Crippen LogP contribution in [0.1, 0.15) is 15.9 Å². The number of carbonyl (C=O) groups excluding carboxylic acids is 2. The van der Waals surface area contributed by atoms with Crippen LogP contribution in [0.4, 0.5) is 10.5 Å². The van der Waals surface area contributed by atoms with E-state index in [1.807, 2.05) is 42.1 Å². The van der Waals surface area contributed by atoms with Gasteiger partial charge < -0.3 is 19.5 Å². The van der Waals surface area contributed by atoms with E-state index < -0.39 is 0 Å². The van der Waals surface area contributed by atoms with Crippen molar-refractivity contribution >= 4 is 34.6 Å². The van der Waals surface area contributed by atoms with Crippen molar-refractivity contribution in [1.82, 2.24) is 14.5 Å². The molecule has 7 heteroatoms. The van der Waals surface area contributed by atoms with Crippen LogP contribution in [0.25, 0.3) is 28.2 Å². The number of Topliss-reactive ketones (excluding diaryl/α,β-unsaturated/α-hetero) is 1. The first-order chi connectivity index (χ1) is 15.9. The smallest absolute Gasteiger partial charge is 0.321 e. The number of ketones is 1. The molecule has 164 valence electrons. The molecule has 5 rings (SSSR count). The number of nitrogens with one attached hydrogen (secondary N) is 1. The van der Waals surface area contributed by atoms with Crippen molar-refractivity contribution < 1.29 is 14.3 Å². The number of pyridine rings is 1. The third-order valence-corrected chi connectivity index (χ3v) is 5.58. The minimum atomic E-state index is -0.270. The number of allylic oxidation sites excluding steroid dienone is 1. The maximum Gasteiger partial charge on any atom is 0.321 e. The number of benzene rings is 2. The Kier molecular flexibility index (Phi) is 4.94. The molecule has 0 atom stereocenters. The second-order valence-corrected chi connectivity index (χ2v) is 8.09. The Balaban J connectivity index is 1.55. The van der Waals surface area contributed by atoms with Gasteiger partial charge in [-0.1, -0.05) is 30.3 Å². The fourth-order valence-corrected chi connectivity index (χ4v) is 3.95. The van der Waals surface area contributed by atoms with Crippen LogP contribution in [0.5, 0.6) is 5.75 Å². The fourth-order valence-electron chi connectivity index (χ4n) is 3.95. The molecule has 1 aliphatic heterocycles. The van der Waals surface area contributed by atoms with Gasteiger partial charge in [-0.25, -0.2) is 9.78 Å². The summed E-state index contributed by atoms with van der Waals surface area (Å²) in [5.74, 6) is 0.473. The van der Waals surface area contributed by atoms with Crippen molar-refractivity contribution in [2.75, 3.05) is 19.4 Å². The molecule has 0 spiro atoms. The van der Waals surface area contributed by atoms with Crippen LogP contribution in [0.2, 0.25) is 0 Å². The first kappa shape index (κ1) is 20.5. The molecule has 0 aliphatic carbocycles. The molecule has 0 saturated carbocycles. The van der Waals surface area contributed by atoms with E-state index in [1.54, 1.807) is 44.6 Å². The van der Waals surface area contributed by atoms with Gasteiger partial charge in [-0.2, -0.15) is 0 Å². The van der Waals surface area contributed by atoms with E-state index in [0.29, 0.717) is 17.0 Å². The number of fused-ring (bicyclic) bond motifs is 2. The molecular weight excluding hydrogens is 416 g/mol. The molecule has 0 fully saturated rings. The van der Waals surface area contributed by atoms with Gasteiger partial charge in [0.2, 0.25) is 5.78 Å². The van der Waals surface area contributed by atoms with E-state index in [9.17, 15) is 9.59 Å². The highest BCUT2D eigenvalue weighted by Crippen LogP contribution is 2.36. The third-order valence-electron chi connectivity index (χ3n) is 5.58. The van der Waals surface area contributed by atoms with Crippen LogP contribution in [0.15, 0.2) is 72.8 Å². The molecule has 2 aromatic heterocycles. The van der Waals surface area contributed by atoms with E-state index in [4.69, 9.17) is 4.74 Å². The second-order valence-electron chi connectivity index (χ2n) is 8.09. The standard InChI is InChI=1S/C26H22N4O3/c1-29(2)26(32)28-18-9-10-21-20(14-18)24(31)22(33-21)13-17-15-30(3)25-23(17)19(11-12-27-25)16-7-5-4-6-8-16/h4-15H,1-3H3,(H,28,32)/b22-13-. The number of hydrogen-bond donors (Lipinski definition) is 1. The lowest BCUT2D eigenvalue weighted by molar-refractivity contribution is 0.101. The molecule has 2 aromatic carbocycles. The number of ether oxygens (including phenoxy) is 1. The molecule has 2 amide bonds. The fraction of sp³-hybridized carbons (Fsp3) is 0.115. The van der Waals surface area contributed by atoms with Gasteiger partial charge in [0.05, 0.1) is 5.56 Å². The average Bonchev–Trinajstić information content (AvgIpc) is 3.31. The van der Waals surface area contributed by atoms with Crippen LogP contribution in [-0.4, -0.2) is 40.4 Å². The first-order valence-corrected chi connectivity index (χ1v) is 10.5. The maximum absolute atomic E-state index is 13.1. The van der Waals surface area contributed by atoms with Gasteiger partial charge in [0.25, 0.3) is 0 Å². The van der Waals surface area contributed by atoms with E-state index in [1.165, 1.54) is 4.90 Å². The number of rotatable bonds is 3. The molecule has 7 nitrogen and oxygen atoms in total. The topological polar surface area (TPSA) is 76.5 Å². The van der Waals surface area contributed by atoms with E-state index >= 15 is 0 Å². The van der Waals surface area contributed by atoms with Crippen molar-refractivity contribution in [2.45, 2.75) is 0 Å². The summed E-state index contributed by atoms with van der Waals surface area (Å²) in [6, 6.07) is 16.8. The minimum absolute atomic E-state index is 0.229. The van der Waals surface area contributed by atoms with Gasteiger partial charge in [0.15, 0.2) is 5.76 Å². The summed E-state index contributed by atoms with van der Waals surface area (Å²) < 4.78 is 7.83. The van der Waals surface area contributed by atoms with Crippen LogP contribution >= 0.6 is 0 Å². The summed E-state index contributed by atoms with van der Waals surface area (Å²) in [4.78, 5) is 31.1. The highest BCUT2D eigenvalue weighted by atomic mass is 16.5. The Hall–Kier alpha value is -4.39. The van der Waals surface area contributed by atoms with E-state index in [2.05, 4.69) is 22.4 Å². The van der Waals surface area contributed by atoms with Gasteiger partial charge in [0.1, 0.15) is 11.4 Å². The zero-order chi connectivity index (χ0) is 23.1. The number of hydrogen-bond acceptors (Lipinski definition) is 4. The lowest BCUT2D eigenvalue weighted by atomic mass is 10.0. The molecule has 33 heavy (non-hydrogen) atoms. The zero-order valence-corrected chi connectivity index (χ0v) is 18.5. The lowest BCUT2D eigenvalue weighted by Crippen LogP contribution is -2.27. The predicted molar refractivity (Wildman–Crippen MR) is 128 cm³/mol. The SMILES string of the molecule is CN(C)C(=O)Nc1ccc2c(c1)C(=O)/C(=C/c1cn(C)c3nccc(-c4ccccc4)c13)O2. The number of nitrogens with zero attached hydrogens (tertiary/aromatic N) is 3. The Labute approximate surface area is 190 Å². The Bertz CT molecular complexity index is 1430. The number of aromatic nitrogens is 2. The quantitative estimate of drug-likeness (QED) is 0.459. The van der Waals surface area contributed by atoms with Crippen molar-refractivity contribution in [1.29, 1.82) is 0 Å². The first-order valence-electron chi connectivity index (χ1n) is 10.5. The molecule has 0 radical (unpaired) electrons. The zero-order valence-electron chi connectivity index (χ0n) is 18.5. The highest BCUT2D eigenvalue weighted by Gasteiger charge is 2.28. The molecule has 4 aromatic rings. The molecule has 1 aliphatic rings. The van der Waals surface area contributed by atoms with Crippen molar-refractivity contribution in [3.05, 3.63) is 83.9 Å². The molecule has 0 unspecified atom stereocenters. The van der Waals surface area contributed by atoms with Crippen LogP contribution < -0.4 is 10.1 Å². The third kappa shape index (κ3) is 3.63.